The van der Waals surface area contributed by atoms with Gasteiger partial charge in [0.05, 0.1) is 5.41 Å². The highest BCUT2D eigenvalue weighted by molar-refractivity contribution is 5.97. The molecule has 3 aliphatic carbocycles. The van der Waals surface area contributed by atoms with Crippen molar-refractivity contribution in [3.8, 4) is 0 Å². The lowest BCUT2D eigenvalue weighted by Gasteiger charge is -2.32. The van der Waals surface area contributed by atoms with E-state index in [-0.39, 0.29) is 13.3 Å². The first kappa shape index (κ1) is 50.5. The van der Waals surface area contributed by atoms with E-state index >= 15 is 0 Å². The average molecular weight is 873 g/mol. The molecule has 1 spiro atoms. The maximum absolute atomic E-state index is 4.82. The van der Waals surface area contributed by atoms with Gasteiger partial charge in [-0.2, -0.15) is 0 Å². The van der Waals surface area contributed by atoms with E-state index in [1.165, 1.54) is 39.0 Å². The predicted octanol–water partition coefficient (Wildman–Crippen LogP) is 18.7. The second-order valence-corrected chi connectivity index (χ2v) is 16.5. The van der Waals surface area contributed by atoms with Gasteiger partial charge in [0.2, 0.25) is 0 Å². The van der Waals surface area contributed by atoms with Crippen LogP contribution in [0.25, 0.3) is 22.3 Å². The number of hydrogen-bond donors (Lipinski definition) is 0. The van der Waals surface area contributed by atoms with Crippen LogP contribution in [-0.2, 0) is 5.41 Å². The summed E-state index contributed by atoms with van der Waals surface area (Å²) in [6, 6.07) is 40.6. The zero-order chi connectivity index (χ0) is 47.2. The van der Waals surface area contributed by atoms with Crippen LogP contribution in [0.5, 0.6) is 0 Å². The monoisotopic (exact) mass is 873 g/mol. The maximum Gasteiger partial charge on any atom is 0.0613 e. The van der Waals surface area contributed by atoms with Gasteiger partial charge in [0.15, 0.2) is 0 Å². The van der Waals surface area contributed by atoms with Crippen LogP contribution in [0.15, 0.2) is 296 Å². The molecule has 0 aromatic heterocycles. The van der Waals surface area contributed by atoms with Crippen molar-refractivity contribution in [2.45, 2.75) is 54.4 Å². The zero-order valence-corrected chi connectivity index (χ0v) is 39.8. The minimum atomic E-state index is -0.607. The van der Waals surface area contributed by atoms with Gasteiger partial charge in [-0.05, 0) is 135 Å². The van der Waals surface area contributed by atoms with Crippen LogP contribution in [0.4, 0.5) is 0 Å². The lowest BCUT2D eigenvalue weighted by molar-refractivity contribution is 0.771. The standard InChI is InChI=1S/C64H58.C2H6.CH4/c1-10-14-34-59-49(9)45(5)39-54(37-38-58(59)47(7)41-55(52-30-20-16-21-31-52)40-46(6)51-28-18-15-19-29-51)63-60-35-24-25-36-61(60)64(62(63)27-12-3)44-57(50(13-4)26-11-2)43-56(42-48(64)8)53-32-22-17-23-33-53;1-2;/h10-44,58H,1-2,4-5,7H2,3,6,8-9H3;1-2H3;1H4/b27-12-,34-14-,38-37-,46-40+,50-26+,54-39+,55-41+,59-49-;;. The number of rotatable bonds is 13. The van der Waals surface area contributed by atoms with Crippen LogP contribution in [-0.4, -0.2) is 0 Å². The summed E-state index contributed by atoms with van der Waals surface area (Å²) >= 11 is 0. The largest absolute Gasteiger partial charge is 0.0991 e. The Labute approximate surface area is 404 Å². The first-order chi connectivity index (χ1) is 32.1. The van der Waals surface area contributed by atoms with Crippen molar-refractivity contribution >= 4 is 22.3 Å². The summed E-state index contributed by atoms with van der Waals surface area (Å²) in [6.07, 6.45) is 34.8. The Morgan fingerprint density at radius 3 is 1.94 bits per heavy atom. The van der Waals surface area contributed by atoms with Crippen molar-refractivity contribution in [1.82, 2.24) is 0 Å². The molecule has 2 unspecified atom stereocenters. The molecule has 0 aliphatic heterocycles. The van der Waals surface area contributed by atoms with E-state index in [1.807, 2.05) is 44.2 Å². The van der Waals surface area contributed by atoms with E-state index in [0.29, 0.717) is 0 Å². The maximum atomic E-state index is 4.82. The van der Waals surface area contributed by atoms with E-state index in [4.69, 9.17) is 13.2 Å². The molecule has 0 heteroatoms. The third kappa shape index (κ3) is 10.8. The highest BCUT2D eigenvalue weighted by Gasteiger charge is 2.45. The highest BCUT2D eigenvalue weighted by Crippen LogP contribution is 2.56. The second kappa shape index (κ2) is 23.6. The molecule has 0 radical (unpaired) electrons. The van der Waals surface area contributed by atoms with Crippen molar-refractivity contribution in [3.63, 3.8) is 0 Å². The van der Waals surface area contributed by atoms with E-state index in [2.05, 4.69) is 230 Å². The smallest absolute Gasteiger partial charge is 0.0613 e. The quantitative estimate of drug-likeness (QED) is 0.117. The summed E-state index contributed by atoms with van der Waals surface area (Å²) in [5.74, 6) is -0.167. The molecule has 2 atom stereocenters. The molecule has 67 heavy (non-hydrogen) atoms. The van der Waals surface area contributed by atoms with Gasteiger partial charge < -0.3 is 0 Å². The molecule has 0 amide bonds. The van der Waals surface area contributed by atoms with E-state index < -0.39 is 5.41 Å². The summed E-state index contributed by atoms with van der Waals surface area (Å²) in [5.41, 5.74) is 19.6. The van der Waals surface area contributed by atoms with Crippen molar-refractivity contribution < 1.29 is 0 Å². The number of allylic oxidation sites excluding steroid dienone is 29. The Morgan fingerprint density at radius 1 is 0.687 bits per heavy atom. The Balaban J connectivity index is 0.00000276. The first-order valence-electron chi connectivity index (χ1n) is 23.1. The lowest BCUT2D eigenvalue weighted by atomic mass is 9.70. The molecule has 4 aromatic rings. The lowest BCUT2D eigenvalue weighted by Crippen LogP contribution is -2.25. The van der Waals surface area contributed by atoms with Gasteiger partial charge in [0, 0.05) is 5.92 Å². The molecule has 0 saturated heterocycles. The van der Waals surface area contributed by atoms with Crippen LogP contribution in [0.2, 0.25) is 0 Å². The fourth-order valence-corrected chi connectivity index (χ4v) is 9.21. The SMILES string of the molecule is C.C=C/C=C\C1=C(/C)C(=C)/C=C(/C2=C(\C=C/C)C3(C=C(/C(C=C)=C/C=C)C=C(c4ccccc4)C=C3C)c3ccccc32)\C=C/C1C(=C)/C=C(\C=C(/C)c1ccccc1)c1ccccc1.CC. The third-order valence-electron chi connectivity index (χ3n) is 12.5. The first-order valence-corrected chi connectivity index (χ1v) is 23.1. The molecule has 0 saturated carbocycles. The zero-order valence-electron chi connectivity index (χ0n) is 39.8. The third-order valence-corrected chi connectivity index (χ3v) is 12.5. The molecule has 0 nitrogen and oxygen atoms in total. The van der Waals surface area contributed by atoms with Gasteiger partial charge in [-0.3, -0.25) is 0 Å². The fraction of sp³-hybridized carbons (Fsp3) is 0.134. The summed E-state index contributed by atoms with van der Waals surface area (Å²) in [7, 11) is 0. The van der Waals surface area contributed by atoms with Gasteiger partial charge in [0.25, 0.3) is 0 Å². The van der Waals surface area contributed by atoms with Crippen LogP contribution in [0.3, 0.4) is 0 Å². The van der Waals surface area contributed by atoms with E-state index in [1.54, 1.807) is 0 Å². The molecule has 4 aromatic carbocycles. The second-order valence-electron chi connectivity index (χ2n) is 16.5. The van der Waals surface area contributed by atoms with Crippen LogP contribution in [0, 0.1) is 5.92 Å². The molecular formula is C67H68. The van der Waals surface area contributed by atoms with Gasteiger partial charge in [-0.1, -0.05) is 260 Å². The van der Waals surface area contributed by atoms with Crippen LogP contribution >= 0.6 is 0 Å². The molecule has 7 rings (SSSR count). The average Bonchev–Trinajstić information content (AvgIpc) is 3.52. The summed E-state index contributed by atoms with van der Waals surface area (Å²) in [4.78, 5) is 0. The van der Waals surface area contributed by atoms with Crippen molar-refractivity contribution in [2.24, 2.45) is 5.92 Å². The predicted molar refractivity (Wildman–Crippen MR) is 298 cm³/mol. The Morgan fingerprint density at radius 2 is 1.31 bits per heavy atom. The van der Waals surface area contributed by atoms with Crippen LogP contribution < -0.4 is 0 Å². The molecule has 0 bridgehead atoms. The fourth-order valence-electron chi connectivity index (χ4n) is 9.21. The molecule has 0 fully saturated rings. The molecule has 336 valence electrons. The topological polar surface area (TPSA) is 0 Å². The number of fused-ring (bicyclic) bond motifs is 2. The van der Waals surface area contributed by atoms with E-state index in [9.17, 15) is 0 Å². The summed E-state index contributed by atoms with van der Waals surface area (Å²) < 4.78 is 0. The molecule has 3 aliphatic rings. The molecule has 0 heterocycles. The van der Waals surface area contributed by atoms with Crippen molar-refractivity contribution in [1.29, 1.82) is 0 Å². The van der Waals surface area contributed by atoms with Crippen molar-refractivity contribution in [2.75, 3.05) is 0 Å². The van der Waals surface area contributed by atoms with Gasteiger partial charge in [-0.15, -0.1) is 0 Å². The minimum Gasteiger partial charge on any atom is -0.0991 e. The summed E-state index contributed by atoms with van der Waals surface area (Å²) in [6.45, 7) is 34.7. The minimum absolute atomic E-state index is 0. The Kier molecular flexibility index (Phi) is 17.8. The Bertz CT molecular complexity index is 2890. The van der Waals surface area contributed by atoms with E-state index in [0.717, 1.165) is 61.3 Å². The molecule has 0 N–H and O–H groups in total. The van der Waals surface area contributed by atoms with Gasteiger partial charge in [0.1, 0.15) is 0 Å². The van der Waals surface area contributed by atoms with Gasteiger partial charge >= 0.3 is 0 Å². The highest BCUT2D eigenvalue weighted by atomic mass is 14.5. The molecular weight excluding hydrogens is 805 g/mol. The van der Waals surface area contributed by atoms with Crippen LogP contribution in [0.1, 0.15) is 76.8 Å². The number of benzene rings is 4. The van der Waals surface area contributed by atoms with Gasteiger partial charge in [-0.25, -0.2) is 0 Å². The number of hydrogen-bond acceptors (Lipinski definition) is 0. The summed E-state index contributed by atoms with van der Waals surface area (Å²) in [5, 5.41) is 0. The Hall–Kier alpha value is -7.54. The van der Waals surface area contributed by atoms with Crippen molar-refractivity contribution in [3.05, 3.63) is 323 Å². The normalized spacial score (nSPS) is 21.0.